The van der Waals surface area contributed by atoms with Crippen molar-refractivity contribution in [3.63, 3.8) is 0 Å². The van der Waals surface area contributed by atoms with Gasteiger partial charge < -0.3 is 14.9 Å². The molecule has 0 bridgehead atoms. The molecule has 0 rings (SSSR count). The van der Waals surface area contributed by atoms with E-state index >= 15 is 0 Å². The van der Waals surface area contributed by atoms with Gasteiger partial charge in [0.25, 0.3) is 0 Å². The van der Waals surface area contributed by atoms with Crippen molar-refractivity contribution in [1.29, 1.82) is 0 Å². The molecule has 0 saturated heterocycles. The van der Waals surface area contributed by atoms with Gasteiger partial charge in [-0.2, -0.15) is 0 Å². The topological polar surface area (TPSA) is 80.6 Å². The Morgan fingerprint density at radius 2 is 1.78 bits per heavy atom. The molecule has 0 aromatic carbocycles. The van der Waals surface area contributed by atoms with E-state index in [1.54, 1.807) is 0 Å². The van der Waals surface area contributed by atoms with Crippen LogP contribution in [-0.2, 0) is 4.79 Å². The molecule has 0 spiro atoms. The van der Waals surface area contributed by atoms with Crippen molar-refractivity contribution in [3.8, 4) is 0 Å². The Hall–Kier alpha value is 0.680. The molecular weight excluding hydrogens is 158 g/mol. The molecule has 4 nitrogen and oxygen atoms in total. The molecule has 0 heterocycles. The van der Waals surface area contributed by atoms with Crippen molar-refractivity contribution in [2.24, 2.45) is 0 Å². The van der Waals surface area contributed by atoms with Crippen LogP contribution in [0.5, 0.6) is 0 Å². The Bertz CT molecular complexity index is 66.8. The van der Waals surface area contributed by atoms with Crippen LogP contribution in [-0.4, -0.2) is 22.3 Å². The summed E-state index contributed by atoms with van der Waals surface area (Å²) in [6.07, 6.45) is -1.23. The zero-order chi connectivity index (χ0) is 7.15. The third kappa shape index (κ3) is 17.7. The first-order valence-corrected chi connectivity index (χ1v) is 2.01. The van der Waals surface area contributed by atoms with E-state index < -0.39 is 12.1 Å². The molecule has 9 heavy (non-hydrogen) atoms. The summed E-state index contributed by atoms with van der Waals surface area (Å²) in [6, 6.07) is 0. The molecule has 2 N–H and O–H groups in total. The molecule has 0 radical (unpaired) electrons. The molecule has 6 heteroatoms. The first kappa shape index (κ1) is 16.3. The maximum Gasteiger partial charge on any atom is 1.00 e. The Balaban J connectivity index is -0.000000109. The number of rotatable bonds is 1. The zero-order valence-corrected chi connectivity index (χ0v) is 7.92. The van der Waals surface area contributed by atoms with E-state index in [-0.39, 0.29) is 29.6 Å². The molecular formula is C3H6ClNaO4. The summed E-state index contributed by atoms with van der Waals surface area (Å²) >= 11 is 3.39. The number of aliphatic carboxylic acids is 1. The second kappa shape index (κ2) is 11.5. The quantitative estimate of drug-likeness (QED) is 0.387. The molecule has 0 fully saturated rings. The van der Waals surface area contributed by atoms with Gasteiger partial charge in [-0.25, -0.2) is 16.7 Å². The molecule has 0 saturated carbocycles. The predicted octanol–water partition coefficient (Wildman–Crippen LogP) is -4.04. The van der Waals surface area contributed by atoms with Crippen LogP contribution >= 0.6 is 11.9 Å². The van der Waals surface area contributed by atoms with E-state index in [1.165, 1.54) is 6.92 Å². The Morgan fingerprint density at radius 3 is 1.78 bits per heavy atom. The molecule has 50 valence electrons. The zero-order valence-electron chi connectivity index (χ0n) is 5.17. The maximum atomic E-state index is 9.45. The normalized spacial score (nSPS) is 9.78. The minimum Gasteiger partial charge on any atom is -0.769 e. The number of aliphatic hydroxyl groups is 1. The van der Waals surface area contributed by atoms with E-state index in [4.69, 9.17) is 14.9 Å². The van der Waals surface area contributed by atoms with Gasteiger partial charge in [0.15, 0.2) is 0 Å². The largest absolute Gasteiger partial charge is 1.00 e. The summed E-state index contributed by atoms with van der Waals surface area (Å²) in [5.41, 5.74) is 0. The molecule has 0 aromatic heterocycles. The second-order valence-electron chi connectivity index (χ2n) is 1.01. The summed E-state index contributed by atoms with van der Waals surface area (Å²) in [6.45, 7) is 1.20. The summed E-state index contributed by atoms with van der Waals surface area (Å²) in [4.78, 5) is 9.45. The Morgan fingerprint density at radius 1 is 1.67 bits per heavy atom. The monoisotopic (exact) mass is 164 g/mol. The average molecular weight is 165 g/mol. The summed E-state index contributed by atoms with van der Waals surface area (Å²) in [7, 11) is 0. The third-order valence-electron chi connectivity index (χ3n) is 0.357. The first-order valence-electron chi connectivity index (χ1n) is 1.71. The van der Waals surface area contributed by atoms with Crippen LogP contribution in [0.3, 0.4) is 0 Å². The van der Waals surface area contributed by atoms with Crippen molar-refractivity contribution in [1.82, 2.24) is 0 Å². The molecule has 0 aliphatic carbocycles. The predicted molar refractivity (Wildman–Crippen MR) is 25.2 cm³/mol. The van der Waals surface area contributed by atoms with Crippen LogP contribution in [0, 0.1) is 0 Å². The number of halogens is 1. The van der Waals surface area contributed by atoms with Gasteiger partial charge >= 0.3 is 35.5 Å². The van der Waals surface area contributed by atoms with E-state index in [0.717, 1.165) is 0 Å². The number of carbonyl (C=O) groups is 1. The Kier molecular flexibility index (Phi) is 20.8. The summed E-state index contributed by atoms with van der Waals surface area (Å²) in [5.74, 6) is -1.19. The van der Waals surface area contributed by atoms with E-state index in [0.29, 0.717) is 0 Å². The van der Waals surface area contributed by atoms with Gasteiger partial charge in [0.05, 0.1) is 0 Å². The number of hydrogen-bond donors (Lipinski definition) is 2. The molecule has 1 atom stereocenters. The standard InChI is InChI=1S/C3H6O3.ClO.Na/c1-2(4)3(5)6;1-2;/h2,4H,1H3,(H,5,6);;/q;-1;+1. The van der Waals surface area contributed by atoms with Crippen LogP contribution in [0.4, 0.5) is 0 Å². The fraction of sp³-hybridized carbons (Fsp3) is 0.667. The van der Waals surface area contributed by atoms with Crippen molar-refractivity contribution in [2.45, 2.75) is 13.0 Å². The Labute approximate surface area is 79.9 Å². The molecule has 0 amide bonds. The number of carboxylic acid groups (broad SMARTS) is 1. The smallest absolute Gasteiger partial charge is 0.769 e. The van der Waals surface area contributed by atoms with Crippen molar-refractivity contribution in [2.75, 3.05) is 0 Å². The SMILES string of the molecule is CC(O)C(=O)O.[Na+].[O-]Cl. The van der Waals surface area contributed by atoms with Crippen molar-refractivity contribution in [3.05, 3.63) is 0 Å². The number of aliphatic hydroxyl groups excluding tert-OH is 1. The maximum absolute atomic E-state index is 9.45. The van der Waals surface area contributed by atoms with E-state index in [9.17, 15) is 4.79 Å². The van der Waals surface area contributed by atoms with Crippen LogP contribution in [0.15, 0.2) is 0 Å². The second-order valence-corrected chi connectivity index (χ2v) is 1.01. The number of hydrogen-bond acceptors (Lipinski definition) is 3. The average Bonchev–Trinajstić information content (AvgIpc) is 1.72. The third-order valence-corrected chi connectivity index (χ3v) is 0.357. The van der Waals surface area contributed by atoms with Gasteiger partial charge in [0.2, 0.25) is 0 Å². The van der Waals surface area contributed by atoms with Gasteiger partial charge in [0.1, 0.15) is 6.10 Å². The molecule has 0 aliphatic heterocycles. The van der Waals surface area contributed by atoms with Crippen molar-refractivity contribution >= 4 is 17.8 Å². The van der Waals surface area contributed by atoms with Crippen molar-refractivity contribution < 1.29 is 49.2 Å². The van der Waals surface area contributed by atoms with Crippen LogP contribution in [0.1, 0.15) is 6.92 Å². The van der Waals surface area contributed by atoms with E-state index in [1.807, 2.05) is 0 Å². The van der Waals surface area contributed by atoms with Crippen LogP contribution < -0.4 is 34.2 Å². The van der Waals surface area contributed by atoms with Gasteiger partial charge in [-0.3, -0.25) is 0 Å². The van der Waals surface area contributed by atoms with Crippen LogP contribution in [0.2, 0.25) is 0 Å². The van der Waals surface area contributed by atoms with Crippen LogP contribution in [0.25, 0.3) is 0 Å². The minimum atomic E-state index is -1.23. The minimum absolute atomic E-state index is 0. The summed E-state index contributed by atoms with van der Waals surface area (Å²) in [5, 5.41) is 15.8. The molecule has 0 aromatic rings. The fourth-order valence-electron chi connectivity index (χ4n) is 0. The first-order chi connectivity index (χ1) is 3.64. The van der Waals surface area contributed by atoms with Gasteiger partial charge in [-0.1, -0.05) is 0 Å². The fourth-order valence-corrected chi connectivity index (χ4v) is 0. The summed E-state index contributed by atoms with van der Waals surface area (Å²) < 4.78 is 7.72. The molecule has 1 unspecified atom stereocenters. The van der Waals surface area contributed by atoms with Gasteiger partial charge in [0, 0.05) is 0 Å². The van der Waals surface area contributed by atoms with E-state index in [2.05, 4.69) is 11.9 Å². The number of carboxylic acids is 1. The van der Waals surface area contributed by atoms with Gasteiger partial charge in [-0.05, 0) is 6.92 Å². The van der Waals surface area contributed by atoms with Gasteiger partial charge in [-0.15, -0.1) is 0 Å². The molecule has 0 aliphatic rings.